The number of amides is 1. The number of rotatable bonds is 6. The standard InChI is InChI=1S/C24H30FN5O2/c25-20-3-1-2-4-21(20)27-24(31)22-5-6-23(29-28-22)26-19-11-17-14-30(15-18(17)12-19)13-16-7-9-32-10-8-16/h1-6,16-19H,7-15H2,(H,26,29)(H,27,31)/t17-,18+,19-. The Bertz CT molecular complexity index is 920. The molecule has 7 nitrogen and oxygen atoms in total. The van der Waals surface area contributed by atoms with E-state index < -0.39 is 11.7 Å². The lowest BCUT2D eigenvalue weighted by Crippen LogP contribution is -2.32. The molecule has 2 saturated heterocycles. The van der Waals surface area contributed by atoms with E-state index in [1.54, 1.807) is 24.3 Å². The van der Waals surface area contributed by atoms with E-state index in [9.17, 15) is 9.18 Å². The van der Waals surface area contributed by atoms with E-state index in [4.69, 9.17) is 4.74 Å². The summed E-state index contributed by atoms with van der Waals surface area (Å²) in [7, 11) is 0. The maximum absolute atomic E-state index is 13.7. The predicted molar refractivity (Wildman–Crippen MR) is 120 cm³/mol. The summed E-state index contributed by atoms with van der Waals surface area (Å²) < 4.78 is 19.2. The van der Waals surface area contributed by atoms with Gasteiger partial charge in [0, 0.05) is 38.9 Å². The highest BCUT2D eigenvalue weighted by atomic mass is 19.1. The van der Waals surface area contributed by atoms with Crippen molar-refractivity contribution in [3.8, 4) is 0 Å². The number of carbonyl (C=O) groups excluding carboxylic acids is 1. The van der Waals surface area contributed by atoms with Crippen LogP contribution in [0.25, 0.3) is 0 Å². The highest BCUT2D eigenvalue weighted by Gasteiger charge is 2.41. The van der Waals surface area contributed by atoms with Crippen molar-refractivity contribution in [2.75, 3.05) is 43.5 Å². The van der Waals surface area contributed by atoms with Crippen LogP contribution >= 0.6 is 0 Å². The minimum absolute atomic E-state index is 0.130. The van der Waals surface area contributed by atoms with Crippen molar-refractivity contribution >= 4 is 17.4 Å². The second kappa shape index (κ2) is 9.50. The minimum atomic E-state index is -0.481. The molecule has 1 aromatic heterocycles. The predicted octanol–water partition coefficient (Wildman–Crippen LogP) is 3.42. The zero-order chi connectivity index (χ0) is 21.9. The number of para-hydroxylation sites is 1. The third-order valence-corrected chi connectivity index (χ3v) is 7.06. The lowest BCUT2D eigenvalue weighted by Gasteiger charge is -2.27. The summed E-state index contributed by atoms with van der Waals surface area (Å²) in [6.45, 7) is 5.45. The molecule has 3 fully saturated rings. The third-order valence-electron chi connectivity index (χ3n) is 7.06. The van der Waals surface area contributed by atoms with Crippen molar-refractivity contribution in [2.45, 2.75) is 31.7 Å². The van der Waals surface area contributed by atoms with Gasteiger partial charge in [-0.2, -0.15) is 0 Å². The fourth-order valence-electron chi connectivity index (χ4n) is 5.45. The van der Waals surface area contributed by atoms with Crippen molar-refractivity contribution in [2.24, 2.45) is 17.8 Å². The molecular weight excluding hydrogens is 409 g/mol. The summed E-state index contributed by atoms with van der Waals surface area (Å²) in [5, 5.41) is 14.2. The number of fused-ring (bicyclic) bond motifs is 1. The van der Waals surface area contributed by atoms with Crippen LogP contribution in [0.3, 0.4) is 0 Å². The van der Waals surface area contributed by atoms with Gasteiger partial charge in [0.15, 0.2) is 5.69 Å². The maximum atomic E-state index is 13.7. The SMILES string of the molecule is O=C(Nc1ccccc1F)c1ccc(N[C@@H]2C[C@@H]3CN(CC4CCOCC4)C[C@@H]3C2)nn1. The van der Waals surface area contributed by atoms with E-state index in [0.29, 0.717) is 11.9 Å². The van der Waals surface area contributed by atoms with Gasteiger partial charge in [-0.15, -0.1) is 10.2 Å². The van der Waals surface area contributed by atoms with Crippen LogP contribution in [-0.4, -0.2) is 59.9 Å². The Morgan fingerprint density at radius 3 is 2.50 bits per heavy atom. The van der Waals surface area contributed by atoms with Gasteiger partial charge >= 0.3 is 0 Å². The molecule has 2 aliphatic heterocycles. The van der Waals surface area contributed by atoms with Crippen LogP contribution in [0.1, 0.15) is 36.2 Å². The quantitative estimate of drug-likeness (QED) is 0.718. The molecule has 3 atom stereocenters. The average Bonchev–Trinajstić information content (AvgIpc) is 3.34. The van der Waals surface area contributed by atoms with Gasteiger partial charge in [-0.3, -0.25) is 4.79 Å². The zero-order valence-corrected chi connectivity index (χ0v) is 18.2. The van der Waals surface area contributed by atoms with Crippen LogP contribution in [0.5, 0.6) is 0 Å². The Hall–Kier alpha value is -2.58. The molecule has 3 heterocycles. The molecule has 3 aliphatic rings. The van der Waals surface area contributed by atoms with E-state index in [-0.39, 0.29) is 11.4 Å². The Morgan fingerprint density at radius 1 is 1.06 bits per heavy atom. The number of nitrogens with zero attached hydrogens (tertiary/aromatic N) is 3. The lowest BCUT2D eigenvalue weighted by molar-refractivity contribution is 0.0545. The second-order valence-corrected chi connectivity index (χ2v) is 9.34. The fraction of sp³-hybridized carbons (Fsp3) is 0.542. The number of likely N-dealkylation sites (tertiary alicyclic amines) is 1. The Morgan fingerprint density at radius 2 is 1.81 bits per heavy atom. The summed E-state index contributed by atoms with van der Waals surface area (Å²) in [6, 6.07) is 9.84. The molecule has 1 aliphatic carbocycles. The highest BCUT2D eigenvalue weighted by molar-refractivity contribution is 6.02. The topological polar surface area (TPSA) is 79.4 Å². The van der Waals surface area contributed by atoms with Gasteiger partial charge < -0.3 is 20.3 Å². The Labute approximate surface area is 187 Å². The third kappa shape index (κ3) is 4.91. The highest BCUT2D eigenvalue weighted by Crippen LogP contribution is 2.39. The molecule has 1 amide bonds. The van der Waals surface area contributed by atoms with E-state index in [1.807, 2.05) is 0 Å². The van der Waals surface area contributed by atoms with Crippen molar-refractivity contribution in [3.63, 3.8) is 0 Å². The molecular formula is C24H30FN5O2. The number of hydrogen-bond donors (Lipinski definition) is 2. The first-order valence-corrected chi connectivity index (χ1v) is 11.6. The first-order valence-electron chi connectivity index (χ1n) is 11.6. The van der Waals surface area contributed by atoms with E-state index in [2.05, 4.69) is 25.7 Å². The molecule has 0 unspecified atom stereocenters. The summed E-state index contributed by atoms with van der Waals surface area (Å²) >= 11 is 0. The van der Waals surface area contributed by atoms with E-state index >= 15 is 0 Å². The van der Waals surface area contributed by atoms with E-state index in [0.717, 1.165) is 43.8 Å². The number of carbonyl (C=O) groups is 1. The number of aromatic nitrogens is 2. The summed E-state index contributed by atoms with van der Waals surface area (Å²) in [5.74, 6) is 1.99. The molecule has 32 heavy (non-hydrogen) atoms. The van der Waals surface area contributed by atoms with Gasteiger partial charge in [0.2, 0.25) is 0 Å². The molecule has 0 radical (unpaired) electrons. The number of ether oxygens (including phenoxy) is 1. The fourth-order valence-corrected chi connectivity index (χ4v) is 5.45. The number of anilines is 2. The summed E-state index contributed by atoms with van der Waals surface area (Å²) in [6.07, 6.45) is 4.68. The molecule has 170 valence electrons. The molecule has 2 aromatic rings. The molecule has 1 saturated carbocycles. The molecule has 2 N–H and O–H groups in total. The van der Waals surface area contributed by atoms with Crippen molar-refractivity contribution < 1.29 is 13.9 Å². The monoisotopic (exact) mass is 439 g/mol. The van der Waals surface area contributed by atoms with Crippen LogP contribution in [-0.2, 0) is 4.74 Å². The largest absolute Gasteiger partial charge is 0.381 e. The number of hydrogen-bond acceptors (Lipinski definition) is 6. The smallest absolute Gasteiger partial charge is 0.276 e. The molecule has 1 aromatic carbocycles. The van der Waals surface area contributed by atoms with Gasteiger partial charge in [-0.1, -0.05) is 12.1 Å². The van der Waals surface area contributed by atoms with Crippen molar-refractivity contribution in [1.82, 2.24) is 15.1 Å². The van der Waals surface area contributed by atoms with Crippen molar-refractivity contribution in [1.29, 1.82) is 0 Å². The van der Waals surface area contributed by atoms with Gasteiger partial charge in [0.25, 0.3) is 5.91 Å². The van der Waals surface area contributed by atoms with Gasteiger partial charge in [0.1, 0.15) is 11.6 Å². The maximum Gasteiger partial charge on any atom is 0.276 e. The Kier molecular flexibility index (Phi) is 6.32. The zero-order valence-electron chi connectivity index (χ0n) is 18.2. The Balaban J connectivity index is 1.10. The molecule has 0 bridgehead atoms. The van der Waals surface area contributed by atoms with Crippen LogP contribution in [0.15, 0.2) is 36.4 Å². The summed E-state index contributed by atoms with van der Waals surface area (Å²) in [5.41, 5.74) is 0.288. The number of nitrogens with one attached hydrogen (secondary N) is 2. The van der Waals surface area contributed by atoms with Crippen LogP contribution in [0.4, 0.5) is 15.9 Å². The van der Waals surface area contributed by atoms with Crippen LogP contribution < -0.4 is 10.6 Å². The first kappa shape index (κ1) is 21.3. The van der Waals surface area contributed by atoms with Gasteiger partial charge in [-0.05, 0) is 67.7 Å². The summed E-state index contributed by atoms with van der Waals surface area (Å²) in [4.78, 5) is 15.0. The van der Waals surface area contributed by atoms with Crippen LogP contribution in [0.2, 0.25) is 0 Å². The first-order chi connectivity index (χ1) is 15.6. The molecule has 0 spiro atoms. The van der Waals surface area contributed by atoms with Gasteiger partial charge in [0.05, 0.1) is 5.69 Å². The lowest BCUT2D eigenvalue weighted by atomic mass is 10.00. The van der Waals surface area contributed by atoms with E-state index in [1.165, 1.54) is 44.6 Å². The second-order valence-electron chi connectivity index (χ2n) is 9.34. The number of benzene rings is 1. The van der Waals surface area contributed by atoms with Crippen LogP contribution in [0, 0.1) is 23.6 Å². The molecule has 8 heteroatoms. The molecule has 5 rings (SSSR count). The van der Waals surface area contributed by atoms with Gasteiger partial charge in [-0.25, -0.2) is 4.39 Å². The normalized spacial score (nSPS) is 26.1. The van der Waals surface area contributed by atoms with Crippen molar-refractivity contribution in [3.05, 3.63) is 47.9 Å². The minimum Gasteiger partial charge on any atom is -0.381 e. The number of halogens is 1. The average molecular weight is 440 g/mol.